The third kappa shape index (κ3) is 4.54. The first kappa shape index (κ1) is 17.4. The van der Waals surface area contributed by atoms with Gasteiger partial charge in [0.05, 0.1) is 29.1 Å². The van der Waals surface area contributed by atoms with Crippen LogP contribution in [0.3, 0.4) is 0 Å². The number of rotatable bonds is 6. The topological polar surface area (TPSA) is 59.8 Å². The van der Waals surface area contributed by atoms with Gasteiger partial charge in [-0.25, -0.2) is 4.98 Å². The molecule has 0 saturated carbocycles. The summed E-state index contributed by atoms with van der Waals surface area (Å²) in [5.74, 6) is 0.405. The van der Waals surface area contributed by atoms with Crippen molar-refractivity contribution >= 4 is 22.9 Å². The van der Waals surface area contributed by atoms with Crippen molar-refractivity contribution in [2.45, 2.75) is 33.7 Å². The molecule has 1 amide bonds. The fourth-order valence-electron chi connectivity index (χ4n) is 2.57. The van der Waals surface area contributed by atoms with Gasteiger partial charge in [0, 0.05) is 12.6 Å². The Morgan fingerprint density at radius 3 is 2.76 bits per heavy atom. The van der Waals surface area contributed by atoms with Crippen LogP contribution >= 0.6 is 11.3 Å². The average Bonchev–Trinajstić information content (AvgIpc) is 3.14. The molecule has 0 aliphatic heterocycles. The van der Waals surface area contributed by atoms with E-state index >= 15 is 0 Å². The van der Waals surface area contributed by atoms with E-state index in [2.05, 4.69) is 41.4 Å². The number of hydrogen-bond donors (Lipinski definition) is 1. The Balaban J connectivity index is 1.66. The van der Waals surface area contributed by atoms with E-state index in [1.54, 1.807) is 6.20 Å². The van der Waals surface area contributed by atoms with Crippen LogP contribution < -0.4 is 5.32 Å². The molecule has 0 spiro atoms. The molecule has 2 aromatic heterocycles. The quantitative estimate of drug-likeness (QED) is 0.723. The number of aromatic nitrogens is 3. The average molecular weight is 354 g/mol. The van der Waals surface area contributed by atoms with E-state index in [1.807, 2.05) is 36.0 Å². The van der Waals surface area contributed by atoms with E-state index < -0.39 is 0 Å². The summed E-state index contributed by atoms with van der Waals surface area (Å²) in [7, 11) is 0. The predicted octanol–water partition coefficient (Wildman–Crippen LogP) is 4.15. The maximum absolute atomic E-state index is 12.5. The minimum atomic E-state index is -0.121. The van der Waals surface area contributed by atoms with E-state index in [1.165, 1.54) is 16.9 Å². The van der Waals surface area contributed by atoms with Crippen LogP contribution in [-0.4, -0.2) is 20.7 Å². The summed E-state index contributed by atoms with van der Waals surface area (Å²) < 4.78 is 1.81. The Labute approximate surface area is 151 Å². The molecule has 2 heterocycles. The number of amides is 1. The van der Waals surface area contributed by atoms with Crippen molar-refractivity contribution in [2.24, 2.45) is 5.92 Å². The number of hydrogen-bond acceptors (Lipinski definition) is 4. The second-order valence-corrected chi connectivity index (χ2v) is 7.57. The molecule has 0 radical (unpaired) electrons. The molecule has 0 aliphatic carbocycles. The molecule has 6 heteroatoms. The summed E-state index contributed by atoms with van der Waals surface area (Å²) in [5.41, 5.74) is 2.65. The van der Waals surface area contributed by atoms with Gasteiger partial charge >= 0.3 is 0 Å². The molecule has 1 aromatic carbocycles. The van der Waals surface area contributed by atoms with Crippen LogP contribution in [0.1, 0.15) is 39.8 Å². The molecule has 1 N–H and O–H groups in total. The maximum Gasteiger partial charge on any atom is 0.267 e. The Morgan fingerprint density at radius 1 is 1.28 bits per heavy atom. The van der Waals surface area contributed by atoms with Crippen LogP contribution in [0, 0.1) is 12.8 Å². The number of nitrogens with one attached hydrogen (secondary N) is 1. The van der Waals surface area contributed by atoms with Crippen molar-refractivity contribution in [3.63, 3.8) is 0 Å². The highest BCUT2D eigenvalue weighted by molar-refractivity contribution is 7.13. The van der Waals surface area contributed by atoms with Crippen LogP contribution in [0.2, 0.25) is 0 Å². The highest BCUT2D eigenvalue weighted by Crippen LogP contribution is 2.22. The Bertz CT molecular complexity index is 851. The number of carbonyl (C=O) groups is 1. The van der Waals surface area contributed by atoms with E-state index in [-0.39, 0.29) is 5.91 Å². The Kier molecular flexibility index (Phi) is 5.28. The lowest BCUT2D eigenvalue weighted by Crippen LogP contribution is -2.11. The molecular formula is C19H22N4OS. The van der Waals surface area contributed by atoms with Crippen molar-refractivity contribution in [2.75, 3.05) is 5.32 Å². The molecule has 3 rings (SSSR count). The zero-order valence-electron chi connectivity index (χ0n) is 14.7. The predicted molar refractivity (Wildman–Crippen MR) is 101 cm³/mol. The lowest BCUT2D eigenvalue weighted by molar-refractivity contribution is 0.103. The standard InChI is InChI=1S/C19H22N4OS/c1-13(2)9-17-21-14(3)18(25-17)19(24)22-16-10-20-23(12-16)11-15-7-5-4-6-8-15/h4-8,10,12-13H,9,11H2,1-3H3,(H,22,24). The zero-order chi connectivity index (χ0) is 17.8. The van der Waals surface area contributed by atoms with E-state index in [0.717, 1.165) is 17.1 Å². The normalized spacial score (nSPS) is 11.0. The number of thiazole rings is 1. The molecule has 130 valence electrons. The van der Waals surface area contributed by atoms with Crippen LogP contribution in [0.25, 0.3) is 0 Å². The molecule has 0 aliphatic rings. The zero-order valence-corrected chi connectivity index (χ0v) is 15.5. The van der Waals surface area contributed by atoms with Gasteiger partial charge in [-0.1, -0.05) is 44.2 Å². The first-order valence-corrected chi connectivity index (χ1v) is 9.17. The number of carbonyl (C=O) groups excluding carboxylic acids is 1. The van der Waals surface area contributed by atoms with E-state index in [4.69, 9.17) is 0 Å². The molecule has 0 atom stereocenters. The molecule has 3 aromatic rings. The number of nitrogens with zero attached hydrogens (tertiary/aromatic N) is 3. The Morgan fingerprint density at radius 2 is 2.04 bits per heavy atom. The van der Waals surface area contributed by atoms with Gasteiger partial charge in [-0.15, -0.1) is 11.3 Å². The van der Waals surface area contributed by atoms with Crippen LogP contribution in [0.5, 0.6) is 0 Å². The van der Waals surface area contributed by atoms with Crippen molar-refractivity contribution < 1.29 is 4.79 Å². The van der Waals surface area contributed by atoms with Gasteiger partial charge in [0.2, 0.25) is 0 Å². The molecule has 5 nitrogen and oxygen atoms in total. The van der Waals surface area contributed by atoms with Gasteiger partial charge in [-0.3, -0.25) is 9.48 Å². The molecule has 0 fully saturated rings. The third-order valence-electron chi connectivity index (χ3n) is 3.71. The smallest absolute Gasteiger partial charge is 0.267 e. The molecule has 0 saturated heterocycles. The highest BCUT2D eigenvalue weighted by Gasteiger charge is 2.16. The summed E-state index contributed by atoms with van der Waals surface area (Å²) in [6, 6.07) is 10.1. The monoisotopic (exact) mass is 354 g/mol. The summed E-state index contributed by atoms with van der Waals surface area (Å²) in [5, 5.41) is 8.25. The summed E-state index contributed by atoms with van der Waals surface area (Å²) >= 11 is 1.47. The van der Waals surface area contributed by atoms with Crippen molar-refractivity contribution in [3.05, 3.63) is 63.9 Å². The third-order valence-corrected chi connectivity index (χ3v) is 4.89. The van der Waals surface area contributed by atoms with Crippen molar-refractivity contribution in [3.8, 4) is 0 Å². The van der Waals surface area contributed by atoms with Crippen LogP contribution in [0.4, 0.5) is 5.69 Å². The van der Waals surface area contributed by atoms with Crippen LogP contribution in [0.15, 0.2) is 42.7 Å². The minimum absolute atomic E-state index is 0.121. The summed E-state index contributed by atoms with van der Waals surface area (Å²) in [6.45, 7) is 6.86. The number of benzene rings is 1. The Hall–Kier alpha value is -2.47. The maximum atomic E-state index is 12.5. The van der Waals surface area contributed by atoms with Gasteiger partial charge in [0.15, 0.2) is 0 Å². The van der Waals surface area contributed by atoms with Crippen molar-refractivity contribution in [1.29, 1.82) is 0 Å². The van der Waals surface area contributed by atoms with Gasteiger partial charge in [-0.05, 0) is 18.4 Å². The first-order chi connectivity index (χ1) is 12.0. The first-order valence-electron chi connectivity index (χ1n) is 8.35. The minimum Gasteiger partial charge on any atom is -0.319 e. The van der Waals surface area contributed by atoms with Crippen LogP contribution in [-0.2, 0) is 13.0 Å². The second kappa shape index (κ2) is 7.61. The van der Waals surface area contributed by atoms with Gasteiger partial charge in [-0.2, -0.15) is 5.10 Å². The van der Waals surface area contributed by atoms with E-state index in [0.29, 0.717) is 23.0 Å². The molecule has 0 unspecified atom stereocenters. The molecule has 0 bridgehead atoms. The van der Waals surface area contributed by atoms with E-state index in [9.17, 15) is 4.79 Å². The van der Waals surface area contributed by atoms with Crippen molar-refractivity contribution in [1.82, 2.24) is 14.8 Å². The summed E-state index contributed by atoms with van der Waals surface area (Å²) in [4.78, 5) is 17.7. The SMILES string of the molecule is Cc1nc(CC(C)C)sc1C(=O)Nc1cnn(Cc2ccccc2)c1. The fraction of sp³-hybridized carbons (Fsp3) is 0.316. The lowest BCUT2D eigenvalue weighted by atomic mass is 10.1. The van der Waals surface area contributed by atoms with Gasteiger partial charge in [0.25, 0.3) is 5.91 Å². The molecular weight excluding hydrogens is 332 g/mol. The highest BCUT2D eigenvalue weighted by atomic mass is 32.1. The number of aryl methyl sites for hydroxylation is 1. The summed E-state index contributed by atoms with van der Waals surface area (Å²) in [6.07, 6.45) is 4.41. The lowest BCUT2D eigenvalue weighted by Gasteiger charge is -2.02. The number of anilines is 1. The largest absolute Gasteiger partial charge is 0.319 e. The van der Waals surface area contributed by atoms with Gasteiger partial charge in [0.1, 0.15) is 4.88 Å². The molecule has 25 heavy (non-hydrogen) atoms. The fourth-order valence-corrected chi connectivity index (χ4v) is 3.74. The van der Waals surface area contributed by atoms with Gasteiger partial charge < -0.3 is 5.32 Å². The second-order valence-electron chi connectivity index (χ2n) is 6.49.